The molecule has 5 nitrogen and oxygen atoms in total. The Hall–Kier alpha value is -1.63. The molecule has 0 unspecified atom stereocenters. The Morgan fingerprint density at radius 1 is 1.24 bits per heavy atom. The average Bonchev–Trinajstić information content (AvgIpc) is 2.88. The molecular formula is C14H13ClN4OS. The van der Waals surface area contributed by atoms with Crippen LogP contribution < -0.4 is 0 Å². The summed E-state index contributed by atoms with van der Waals surface area (Å²) in [6.45, 7) is 0.0564. The second-order valence-corrected chi connectivity index (χ2v) is 5.93. The fourth-order valence-corrected chi connectivity index (χ4v) is 2.92. The number of aryl methyl sites for hydroxylation is 1. The number of thioether (sulfide) groups is 1. The Kier molecular flexibility index (Phi) is 4.10. The highest BCUT2D eigenvalue weighted by Crippen LogP contribution is 2.25. The van der Waals surface area contributed by atoms with E-state index >= 15 is 0 Å². The maximum atomic E-state index is 9.02. The molecule has 0 radical (unpaired) electrons. The van der Waals surface area contributed by atoms with E-state index in [0.717, 1.165) is 21.5 Å². The summed E-state index contributed by atoms with van der Waals surface area (Å²) in [7, 11) is 1.83. The molecule has 108 valence electrons. The second-order valence-electron chi connectivity index (χ2n) is 4.53. The highest BCUT2D eigenvalue weighted by atomic mass is 35.5. The number of rotatable bonds is 4. The number of hydrogen-bond donors (Lipinski definition) is 1. The largest absolute Gasteiger partial charge is 0.392 e. The minimum Gasteiger partial charge on any atom is -0.392 e. The first kappa shape index (κ1) is 14.3. The van der Waals surface area contributed by atoms with Crippen molar-refractivity contribution in [2.45, 2.75) is 17.3 Å². The van der Waals surface area contributed by atoms with E-state index in [-0.39, 0.29) is 6.61 Å². The molecular weight excluding hydrogens is 308 g/mol. The summed E-state index contributed by atoms with van der Waals surface area (Å²) in [5, 5.41) is 14.4. The average molecular weight is 321 g/mol. The molecule has 21 heavy (non-hydrogen) atoms. The first-order valence-corrected chi connectivity index (χ1v) is 7.70. The lowest BCUT2D eigenvalue weighted by atomic mass is 10.2. The fraction of sp³-hybridized carbons (Fsp3) is 0.214. The predicted octanol–water partition coefficient (Wildman–Crippen LogP) is 2.80. The van der Waals surface area contributed by atoms with Crippen LogP contribution in [-0.4, -0.2) is 24.9 Å². The van der Waals surface area contributed by atoms with Crippen LogP contribution in [0.2, 0.25) is 5.15 Å². The van der Waals surface area contributed by atoms with Gasteiger partial charge in [0.25, 0.3) is 0 Å². The van der Waals surface area contributed by atoms with Crippen molar-refractivity contribution < 1.29 is 5.11 Å². The van der Waals surface area contributed by atoms with Crippen molar-refractivity contribution in [2.75, 3.05) is 0 Å². The molecule has 3 aromatic rings. The highest BCUT2D eigenvalue weighted by molar-refractivity contribution is 7.98. The topological polar surface area (TPSA) is 63.8 Å². The lowest BCUT2D eigenvalue weighted by molar-refractivity contribution is 0.282. The minimum atomic E-state index is 0.0564. The van der Waals surface area contributed by atoms with Gasteiger partial charge in [-0.05, 0) is 17.7 Å². The summed E-state index contributed by atoms with van der Waals surface area (Å²) in [5.41, 5.74) is 1.64. The summed E-state index contributed by atoms with van der Waals surface area (Å²) < 4.78 is 1.69. The summed E-state index contributed by atoms with van der Waals surface area (Å²) in [6, 6.07) is 7.75. The van der Waals surface area contributed by atoms with Gasteiger partial charge in [0.05, 0.1) is 23.9 Å². The summed E-state index contributed by atoms with van der Waals surface area (Å²) in [4.78, 5) is 9.89. The first-order valence-electron chi connectivity index (χ1n) is 6.34. The standard InChI is InChI=1S/C14H13ClN4OS/c1-19-14-11(6-16-19)13(15)17-12(18-14)8-21-10-4-2-9(7-20)3-5-10/h2-6,20H,7-8H2,1H3. The molecule has 2 heterocycles. The van der Waals surface area contributed by atoms with Crippen molar-refractivity contribution in [3.63, 3.8) is 0 Å². The molecule has 0 atom stereocenters. The van der Waals surface area contributed by atoms with Gasteiger partial charge in [-0.3, -0.25) is 4.68 Å². The van der Waals surface area contributed by atoms with Crippen LogP contribution in [0.3, 0.4) is 0 Å². The van der Waals surface area contributed by atoms with Crippen molar-refractivity contribution in [1.82, 2.24) is 19.7 Å². The quantitative estimate of drug-likeness (QED) is 0.591. The number of aromatic nitrogens is 4. The van der Waals surface area contributed by atoms with Gasteiger partial charge in [0.15, 0.2) is 5.65 Å². The monoisotopic (exact) mass is 320 g/mol. The van der Waals surface area contributed by atoms with Crippen molar-refractivity contribution in [2.24, 2.45) is 7.05 Å². The SMILES string of the molecule is Cn1ncc2c(Cl)nc(CSc3ccc(CO)cc3)nc21. The lowest BCUT2D eigenvalue weighted by Gasteiger charge is -2.04. The van der Waals surface area contributed by atoms with E-state index in [9.17, 15) is 0 Å². The summed E-state index contributed by atoms with van der Waals surface area (Å²) >= 11 is 7.78. The van der Waals surface area contributed by atoms with Crippen LogP contribution in [0.4, 0.5) is 0 Å². The number of hydrogen-bond acceptors (Lipinski definition) is 5. The summed E-state index contributed by atoms with van der Waals surface area (Å²) in [6.07, 6.45) is 1.67. The van der Waals surface area contributed by atoms with Crippen molar-refractivity contribution in [3.05, 3.63) is 47.0 Å². The molecule has 0 aliphatic carbocycles. The van der Waals surface area contributed by atoms with Gasteiger partial charge >= 0.3 is 0 Å². The molecule has 0 fully saturated rings. The van der Waals surface area contributed by atoms with Gasteiger partial charge in [0.1, 0.15) is 11.0 Å². The molecule has 1 N–H and O–H groups in total. The number of fused-ring (bicyclic) bond motifs is 1. The van der Waals surface area contributed by atoms with Gasteiger partial charge in [-0.1, -0.05) is 23.7 Å². The predicted molar refractivity (Wildman–Crippen MR) is 83.2 cm³/mol. The van der Waals surface area contributed by atoms with E-state index < -0.39 is 0 Å². The molecule has 0 bridgehead atoms. The van der Waals surface area contributed by atoms with E-state index in [1.54, 1.807) is 22.6 Å². The normalized spacial score (nSPS) is 11.2. The van der Waals surface area contributed by atoms with Crippen molar-refractivity contribution in [3.8, 4) is 0 Å². The van der Waals surface area contributed by atoms with Gasteiger partial charge in [-0.25, -0.2) is 9.97 Å². The maximum Gasteiger partial charge on any atom is 0.162 e. The lowest BCUT2D eigenvalue weighted by Crippen LogP contribution is -1.98. The van der Waals surface area contributed by atoms with Crippen LogP contribution in [0.5, 0.6) is 0 Å². The van der Waals surface area contributed by atoms with Crippen LogP contribution in [0.25, 0.3) is 11.0 Å². The van der Waals surface area contributed by atoms with Gasteiger partial charge in [0, 0.05) is 11.9 Å². The molecule has 0 spiro atoms. The number of benzene rings is 1. The van der Waals surface area contributed by atoms with Crippen LogP contribution in [0, 0.1) is 0 Å². The van der Waals surface area contributed by atoms with Gasteiger partial charge in [-0.15, -0.1) is 11.8 Å². The molecule has 0 aliphatic rings. The number of aliphatic hydroxyl groups is 1. The molecule has 3 rings (SSSR count). The third kappa shape index (κ3) is 3.02. The Morgan fingerprint density at radius 2 is 2.00 bits per heavy atom. The maximum absolute atomic E-state index is 9.02. The third-order valence-corrected chi connectivity index (χ3v) is 4.36. The highest BCUT2D eigenvalue weighted by Gasteiger charge is 2.10. The Balaban J connectivity index is 1.79. The number of halogens is 1. The first-order chi connectivity index (χ1) is 10.2. The fourth-order valence-electron chi connectivity index (χ4n) is 1.93. The molecule has 1 aromatic carbocycles. The van der Waals surface area contributed by atoms with Gasteiger partial charge < -0.3 is 5.11 Å². The van der Waals surface area contributed by atoms with E-state index in [1.807, 2.05) is 31.3 Å². The van der Waals surface area contributed by atoms with Crippen LogP contribution in [0.15, 0.2) is 35.4 Å². The zero-order valence-electron chi connectivity index (χ0n) is 11.3. The second kappa shape index (κ2) is 6.01. The third-order valence-electron chi connectivity index (χ3n) is 3.07. The molecule has 0 amide bonds. The molecule has 2 aromatic heterocycles. The Labute approximate surface area is 131 Å². The zero-order valence-corrected chi connectivity index (χ0v) is 12.9. The van der Waals surface area contributed by atoms with Crippen LogP contribution in [0.1, 0.15) is 11.4 Å². The minimum absolute atomic E-state index is 0.0564. The molecule has 0 saturated heterocycles. The smallest absolute Gasteiger partial charge is 0.162 e. The van der Waals surface area contributed by atoms with E-state index in [4.69, 9.17) is 16.7 Å². The van der Waals surface area contributed by atoms with Crippen LogP contribution in [-0.2, 0) is 19.4 Å². The molecule has 0 saturated carbocycles. The molecule has 7 heteroatoms. The summed E-state index contributed by atoms with van der Waals surface area (Å²) in [5.74, 6) is 1.30. The van der Waals surface area contributed by atoms with Crippen molar-refractivity contribution in [1.29, 1.82) is 0 Å². The Bertz CT molecular complexity index is 772. The van der Waals surface area contributed by atoms with Crippen molar-refractivity contribution >= 4 is 34.4 Å². The van der Waals surface area contributed by atoms with E-state index in [1.165, 1.54) is 0 Å². The number of aliphatic hydroxyl groups excluding tert-OH is 1. The van der Waals surface area contributed by atoms with E-state index in [0.29, 0.717) is 16.7 Å². The van der Waals surface area contributed by atoms with Crippen LogP contribution >= 0.6 is 23.4 Å². The number of nitrogens with zero attached hydrogens (tertiary/aromatic N) is 4. The zero-order chi connectivity index (χ0) is 14.8. The van der Waals surface area contributed by atoms with Gasteiger partial charge in [-0.2, -0.15) is 5.10 Å². The van der Waals surface area contributed by atoms with Gasteiger partial charge in [0.2, 0.25) is 0 Å². The van der Waals surface area contributed by atoms with E-state index in [2.05, 4.69) is 15.1 Å². The Morgan fingerprint density at radius 3 is 2.71 bits per heavy atom. The molecule has 0 aliphatic heterocycles.